The number of rotatable bonds is 6. The van der Waals surface area contributed by atoms with E-state index in [9.17, 15) is 4.79 Å². The zero-order valence-corrected chi connectivity index (χ0v) is 18.4. The standard InChI is InChI=1S/C24H28N6O2/c1-30(2)12-10-26-22-15-6-3-4-8-17(15)28-24(31)20(22)23-27-18-9-5-7-16(21(18)29-23)19-14-32-13-11-25-19/h3-9,19,25H,10-14H2,1-2H3,(H,27,29)(H2,26,28,31). The van der Waals surface area contributed by atoms with Gasteiger partial charge in [0.1, 0.15) is 11.4 Å². The second-order valence-electron chi connectivity index (χ2n) is 8.39. The first kappa shape index (κ1) is 20.7. The maximum absolute atomic E-state index is 13.2. The molecule has 4 N–H and O–H groups in total. The second-order valence-corrected chi connectivity index (χ2v) is 8.39. The van der Waals surface area contributed by atoms with Crippen LogP contribution < -0.4 is 16.2 Å². The summed E-state index contributed by atoms with van der Waals surface area (Å²) in [6, 6.07) is 14.0. The van der Waals surface area contributed by atoms with Crippen LogP contribution in [0.15, 0.2) is 47.3 Å². The van der Waals surface area contributed by atoms with Gasteiger partial charge in [0.15, 0.2) is 0 Å². The fourth-order valence-electron chi connectivity index (χ4n) is 4.28. The van der Waals surface area contributed by atoms with Gasteiger partial charge in [0, 0.05) is 25.0 Å². The largest absolute Gasteiger partial charge is 0.382 e. The number of fused-ring (bicyclic) bond motifs is 2. The van der Waals surface area contributed by atoms with Gasteiger partial charge >= 0.3 is 0 Å². The molecule has 32 heavy (non-hydrogen) atoms. The summed E-state index contributed by atoms with van der Waals surface area (Å²) in [7, 11) is 4.06. The Balaban J connectivity index is 1.65. The van der Waals surface area contributed by atoms with E-state index < -0.39 is 0 Å². The van der Waals surface area contributed by atoms with E-state index in [4.69, 9.17) is 9.72 Å². The molecule has 0 saturated carbocycles. The topological polar surface area (TPSA) is 98.1 Å². The van der Waals surface area contributed by atoms with Crippen molar-refractivity contribution >= 4 is 27.6 Å². The van der Waals surface area contributed by atoms with Gasteiger partial charge in [0.25, 0.3) is 5.56 Å². The molecule has 1 saturated heterocycles. The highest BCUT2D eigenvalue weighted by Gasteiger charge is 2.22. The molecule has 0 amide bonds. The molecule has 1 aliphatic heterocycles. The van der Waals surface area contributed by atoms with Crippen molar-refractivity contribution in [2.75, 3.05) is 52.3 Å². The molecule has 4 aromatic rings. The van der Waals surface area contributed by atoms with Crippen LogP contribution in [-0.4, -0.2) is 66.8 Å². The van der Waals surface area contributed by atoms with Gasteiger partial charge in [0.2, 0.25) is 0 Å². The van der Waals surface area contributed by atoms with Crippen molar-refractivity contribution < 1.29 is 4.74 Å². The van der Waals surface area contributed by atoms with Gasteiger partial charge in [-0.3, -0.25) is 4.79 Å². The fraction of sp³-hybridized carbons (Fsp3) is 0.333. The van der Waals surface area contributed by atoms with Crippen LogP contribution in [0.4, 0.5) is 5.69 Å². The van der Waals surface area contributed by atoms with E-state index in [1.807, 2.05) is 50.5 Å². The Kier molecular flexibility index (Phi) is 5.65. The number of aromatic amines is 2. The number of pyridine rings is 1. The molecule has 1 unspecified atom stereocenters. The molecule has 8 nitrogen and oxygen atoms in total. The molecule has 1 fully saturated rings. The molecule has 3 heterocycles. The molecule has 0 aliphatic carbocycles. The van der Waals surface area contributed by atoms with Gasteiger partial charge in [-0.2, -0.15) is 0 Å². The third-order valence-electron chi connectivity index (χ3n) is 5.86. The maximum atomic E-state index is 13.2. The lowest BCUT2D eigenvalue weighted by atomic mass is 10.1. The van der Waals surface area contributed by atoms with E-state index in [-0.39, 0.29) is 11.6 Å². The molecule has 1 aliphatic rings. The third-order valence-corrected chi connectivity index (χ3v) is 5.86. The van der Waals surface area contributed by atoms with Gasteiger partial charge in [-0.1, -0.05) is 30.3 Å². The third kappa shape index (κ3) is 3.88. The minimum atomic E-state index is -0.171. The molecule has 166 valence electrons. The second kappa shape index (κ2) is 8.74. The van der Waals surface area contributed by atoms with Gasteiger partial charge in [-0.05, 0) is 31.8 Å². The summed E-state index contributed by atoms with van der Waals surface area (Å²) in [5, 5.41) is 7.96. The van der Waals surface area contributed by atoms with E-state index in [1.165, 1.54) is 0 Å². The minimum Gasteiger partial charge on any atom is -0.382 e. The summed E-state index contributed by atoms with van der Waals surface area (Å²) in [4.78, 5) is 26.6. The summed E-state index contributed by atoms with van der Waals surface area (Å²) in [5.41, 5.74) is 4.78. The number of nitrogens with one attached hydrogen (secondary N) is 4. The number of H-pyrrole nitrogens is 2. The van der Waals surface area contributed by atoms with Gasteiger partial charge in [-0.25, -0.2) is 4.98 Å². The summed E-state index contributed by atoms with van der Waals surface area (Å²) in [5.74, 6) is 0.559. The van der Waals surface area contributed by atoms with Crippen molar-refractivity contribution in [3.63, 3.8) is 0 Å². The van der Waals surface area contributed by atoms with E-state index in [0.717, 1.165) is 46.3 Å². The van der Waals surface area contributed by atoms with E-state index >= 15 is 0 Å². The number of imidazole rings is 1. The van der Waals surface area contributed by atoms with Crippen molar-refractivity contribution in [2.45, 2.75) is 6.04 Å². The highest BCUT2D eigenvalue weighted by molar-refractivity contribution is 5.99. The lowest BCUT2D eigenvalue weighted by Gasteiger charge is -2.24. The lowest BCUT2D eigenvalue weighted by molar-refractivity contribution is 0.0772. The number of likely N-dealkylation sites (N-methyl/N-ethyl adjacent to an activating group) is 1. The number of para-hydroxylation sites is 2. The van der Waals surface area contributed by atoms with Gasteiger partial charge in [0.05, 0.1) is 41.5 Å². The Labute approximate surface area is 186 Å². The van der Waals surface area contributed by atoms with E-state index in [0.29, 0.717) is 31.1 Å². The molecule has 5 rings (SSSR count). The van der Waals surface area contributed by atoms with Crippen molar-refractivity contribution in [3.8, 4) is 11.4 Å². The molecule has 0 radical (unpaired) electrons. The van der Waals surface area contributed by atoms with Gasteiger partial charge in [-0.15, -0.1) is 0 Å². The molecule has 2 aromatic carbocycles. The Morgan fingerprint density at radius 3 is 2.78 bits per heavy atom. The summed E-state index contributed by atoms with van der Waals surface area (Å²) < 4.78 is 5.66. The first-order valence-electron chi connectivity index (χ1n) is 11.0. The number of benzene rings is 2. The molecule has 0 spiro atoms. The Bertz CT molecular complexity index is 1300. The highest BCUT2D eigenvalue weighted by Crippen LogP contribution is 2.32. The highest BCUT2D eigenvalue weighted by atomic mass is 16.5. The number of ether oxygens (including phenoxy) is 1. The van der Waals surface area contributed by atoms with E-state index in [2.05, 4.69) is 31.6 Å². The number of anilines is 1. The lowest BCUT2D eigenvalue weighted by Crippen LogP contribution is -2.34. The molecule has 0 bridgehead atoms. The number of hydrogen-bond donors (Lipinski definition) is 4. The van der Waals surface area contributed by atoms with Crippen LogP contribution >= 0.6 is 0 Å². The van der Waals surface area contributed by atoms with Crippen LogP contribution in [0.3, 0.4) is 0 Å². The fourth-order valence-corrected chi connectivity index (χ4v) is 4.28. The number of nitrogens with zero attached hydrogens (tertiary/aromatic N) is 2. The Morgan fingerprint density at radius 2 is 1.97 bits per heavy atom. The molecular formula is C24H28N6O2. The van der Waals surface area contributed by atoms with Crippen LogP contribution in [0, 0.1) is 0 Å². The Morgan fingerprint density at radius 1 is 1.12 bits per heavy atom. The maximum Gasteiger partial charge on any atom is 0.261 e. The minimum absolute atomic E-state index is 0.0798. The normalized spacial score (nSPS) is 16.8. The molecule has 8 heteroatoms. The van der Waals surface area contributed by atoms with Crippen LogP contribution in [-0.2, 0) is 4.74 Å². The van der Waals surface area contributed by atoms with Crippen LogP contribution in [0.5, 0.6) is 0 Å². The molecule has 1 atom stereocenters. The monoisotopic (exact) mass is 432 g/mol. The van der Waals surface area contributed by atoms with Gasteiger partial charge < -0.3 is 30.2 Å². The quantitative estimate of drug-likeness (QED) is 0.374. The van der Waals surface area contributed by atoms with E-state index in [1.54, 1.807) is 0 Å². The zero-order chi connectivity index (χ0) is 22.1. The molecular weight excluding hydrogens is 404 g/mol. The smallest absolute Gasteiger partial charge is 0.261 e. The predicted octanol–water partition coefficient (Wildman–Crippen LogP) is 2.71. The summed E-state index contributed by atoms with van der Waals surface area (Å²) in [6.07, 6.45) is 0. The van der Waals surface area contributed by atoms with Crippen LogP contribution in [0.2, 0.25) is 0 Å². The SMILES string of the molecule is CN(C)CCNc1c(-c2nc3c(C4COCCN4)cccc3[nH]2)c(=O)[nH]c2ccccc12. The first-order chi connectivity index (χ1) is 15.6. The number of morpholine rings is 1. The number of hydrogen-bond acceptors (Lipinski definition) is 6. The Hall–Kier alpha value is -3.20. The van der Waals surface area contributed by atoms with Crippen LogP contribution in [0.1, 0.15) is 11.6 Å². The zero-order valence-electron chi connectivity index (χ0n) is 18.4. The molecule has 2 aromatic heterocycles. The predicted molar refractivity (Wildman–Crippen MR) is 128 cm³/mol. The average Bonchev–Trinajstić information content (AvgIpc) is 3.23. The average molecular weight is 433 g/mol. The summed E-state index contributed by atoms with van der Waals surface area (Å²) >= 11 is 0. The summed E-state index contributed by atoms with van der Waals surface area (Å²) in [6.45, 7) is 3.69. The van der Waals surface area contributed by atoms with Crippen molar-refractivity contribution in [2.24, 2.45) is 0 Å². The van der Waals surface area contributed by atoms with Crippen molar-refractivity contribution in [3.05, 3.63) is 58.4 Å². The van der Waals surface area contributed by atoms with Crippen molar-refractivity contribution in [1.29, 1.82) is 0 Å². The number of aromatic nitrogens is 3. The van der Waals surface area contributed by atoms with Crippen molar-refractivity contribution in [1.82, 2.24) is 25.2 Å². The van der Waals surface area contributed by atoms with Crippen LogP contribution in [0.25, 0.3) is 33.3 Å². The first-order valence-corrected chi connectivity index (χ1v) is 11.0.